The van der Waals surface area contributed by atoms with E-state index >= 15 is 0 Å². The quantitative estimate of drug-likeness (QED) is 0.282. The third kappa shape index (κ3) is 5.97. The minimum absolute atomic E-state index is 0. The van der Waals surface area contributed by atoms with Gasteiger partial charge in [-0.1, -0.05) is 121 Å². The minimum Gasteiger partial charge on any atom is -0.399 e. The smallest absolute Gasteiger partial charge is 0.0316 e. The van der Waals surface area contributed by atoms with Gasteiger partial charge in [0, 0.05) is 5.69 Å². The van der Waals surface area contributed by atoms with E-state index in [1.165, 1.54) is 38.9 Å². The Bertz CT molecular complexity index is 1190. The van der Waals surface area contributed by atoms with E-state index in [2.05, 4.69) is 109 Å². The molecule has 0 saturated carbocycles. The number of rotatable bonds is 3. The molecule has 0 spiro atoms. The van der Waals surface area contributed by atoms with E-state index in [-0.39, 0.29) is 6.15 Å². The zero-order valence-electron chi connectivity index (χ0n) is 19.0. The summed E-state index contributed by atoms with van der Waals surface area (Å²) in [4.78, 5) is 0. The van der Waals surface area contributed by atoms with Crippen LogP contribution in [0, 0.1) is 6.92 Å². The summed E-state index contributed by atoms with van der Waals surface area (Å²) in [7, 11) is 0. The molecule has 0 radical (unpaired) electrons. The van der Waals surface area contributed by atoms with Gasteiger partial charge in [-0.3, -0.25) is 0 Å². The average Bonchev–Trinajstić information content (AvgIpc) is 2.85. The molecule has 0 aliphatic heterocycles. The van der Waals surface area contributed by atoms with Crippen LogP contribution in [0.5, 0.6) is 0 Å². The first-order valence-corrected chi connectivity index (χ1v) is 10.8. The molecule has 0 bridgehead atoms. The number of hydrogen-bond acceptors (Lipinski definition) is 2. The van der Waals surface area contributed by atoms with Gasteiger partial charge in [-0.05, 0) is 58.0 Å². The van der Waals surface area contributed by atoms with Crippen molar-refractivity contribution in [3.63, 3.8) is 0 Å². The lowest BCUT2D eigenvalue weighted by molar-refractivity contribution is 1.47. The molecular weight excluding hydrogens is 400 g/mol. The monoisotopic (exact) mass is 430 g/mol. The molecule has 0 heterocycles. The zero-order chi connectivity index (χ0) is 22.2. The largest absolute Gasteiger partial charge is 0.399 e. The van der Waals surface area contributed by atoms with Gasteiger partial charge in [-0.25, -0.2) is 0 Å². The summed E-state index contributed by atoms with van der Waals surface area (Å²) in [6.07, 6.45) is 0. The average molecular weight is 431 g/mol. The fraction of sp³-hybridized carbons (Fsp3) is 0.0323. The molecule has 5 aromatic rings. The van der Waals surface area contributed by atoms with Crippen molar-refractivity contribution in [3.8, 4) is 33.4 Å². The summed E-state index contributed by atoms with van der Waals surface area (Å²) in [6.45, 7) is 2.02. The molecule has 0 fully saturated rings. The van der Waals surface area contributed by atoms with Gasteiger partial charge in [0.2, 0.25) is 0 Å². The molecule has 0 amide bonds. The van der Waals surface area contributed by atoms with Gasteiger partial charge in [-0.15, -0.1) is 0 Å². The van der Waals surface area contributed by atoms with E-state index in [0.717, 1.165) is 5.69 Å². The first kappa shape index (κ1) is 23.5. The van der Waals surface area contributed by atoms with Crippen LogP contribution in [0.25, 0.3) is 33.4 Å². The maximum absolute atomic E-state index is 5.46. The lowest BCUT2D eigenvalue weighted by Gasteiger charge is -2.16. The Morgan fingerprint density at radius 3 is 1.27 bits per heavy atom. The molecule has 0 aliphatic carbocycles. The molecule has 2 heteroatoms. The highest BCUT2D eigenvalue weighted by atomic mass is 14.5. The molecule has 0 aromatic heterocycles. The second-order valence-corrected chi connectivity index (χ2v) is 7.74. The number of anilines is 1. The first-order valence-electron chi connectivity index (χ1n) is 10.8. The van der Waals surface area contributed by atoms with Gasteiger partial charge in [0.15, 0.2) is 0 Å². The summed E-state index contributed by atoms with van der Waals surface area (Å²) in [5, 5.41) is 0. The van der Waals surface area contributed by atoms with Gasteiger partial charge < -0.3 is 11.9 Å². The Balaban J connectivity index is 0.000000290. The molecule has 0 unspecified atom stereocenters. The van der Waals surface area contributed by atoms with Crippen molar-refractivity contribution in [2.24, 2.45) is 0 Å². The van der Waals surface area contributed by atoms with Crippen LogP contribution in [0.3, 0.4) is 0 Å². The van der Waals surface area contributed by atoms with Crippen molar-refractivity contribution in [2.45, 2.75) is 6.92 Å². The topological polar surface area (TPSA) is 61.0 Å². The van der Waals surface area contributed by atoms with Crippen LogP contribution in [0.2, 0.25) is 0 Å². The Morgan fingerprint density at radius 1 is 0.455 bits per heavy atom. The van der Waals surface area contributed by atoms with E-state index in [1.54, 1.807) is 0 Å². The second-order valence-electron chi connectivity index (χ2n) is 7.74. The molecule has 0 atom stereocenters. The molecule has 5 N–H and O–H groups in total. The standard InChI is InChI=1S/C24H18.C7H9N.H3N/c1-4-11-19(12-5-1)22-17-10-18-23(20-13-6-2-7-14-20)24(22)21-15-8-3-9-16-21;1-6-3-2-4-7(8)5-6;/h1-18H;2-5H,8H2,1H3;1H3. The number of nitrogen functional groups attached to an aromatic ring is 1. The molecular formula is C31H30N2. The Labute approximate surface area is 197 Å². The summed E-state index contributed by atoms with van der Waals surface area (Å²) >= 11 is 0. The van der Waals surface area contributed by atoms with Gasteiger partial charge >= 0.3 is 0 Å². The van der Waals surface area contributed by atoms with Crippen molar-refractivity contribution in [1.29, 1.82) is 0 Å². The maximum atomic E-state index is 5.46. The Morgan fingerprint density at radius 2 is 0.879 bits per heavy atom. The van der Waals surface area contributed by atoms with E-state index < -0.39 is 0 Å². The second kappa shape index (κ2) is 11.5. The van der Waals surface area contributed by atoms with E-state index in [9.17, 15) is 0 Å². The highest BCUT2D eigenvalue weighted by Crippen LogP contribution is 2.39. The SMILES string of the molecule is Cc1cccc(N)c1.N.c1ccc(-c2cccc(-c3ccccc3)c2-c2ccccc2)cc1. The summed E-state index contributed by atoms with van der Waals surface area (Å²) < 4.78 is 0. The Kier molecular flexibility index (Phi) is 8.18. The van der Waals surface area contributed by atoms with Crippen molar-refractivity contribution in [3.05, 3.63) is 139 Å². The van der Waals surface area contributed by atoms with Gasteiger partial charge in [0.05, 0.1) is 0 Å². The fourth-order valence-corrected chi connectivity index (χ4v) is 3.85. The van der Waals surface area contributed by atoms with Gasteiger partial charge in [0.1, 0.15) is 0 Å². The minimum atomic E-state index is 0. The van der Waals surface area contributed by atoms with Crippen molar-refractivity contribution >= 4 is 5.69 Å². The molecule has 0 saturated heterocycles. The summed E-state index contributed by atoms with van der Waals surface area (Å²) in [5.41, 5.74) is 15.1. The van der Waals surface area contributed by atoms with Crippen LogP contribution in [-0.2, 0) is 0 Å². The van der Waals surface area contributed by atoms with Crippen molar-refractivity contribution < 1.29 is 0 Å². The van der Waals surface area contributed by atoms with Crippen LogP contribution < -0.4 is 11.9 Å². The van der Waals surface area contributed by atoms with E-state index in [4.69, 9.17) is 5.73 Å². The molecule has 0 aliphatic rings. The van der Waals surface area contributed by atoms with E-state index in [0.29, 0.717) is 0 Å². The van der Waals surface area contributed by atoms with Crippen molar-refractivity contribution in [1.82, 2.24) is 6.15 Å². The number of hydrogen-bond donors (Lipinski definition) is 2. The predicted octanol–water partition coefficient (Wildman–Crippen LogP) is 8.43. The molecule has 33 heavy (non-hydrogen) atoms. The lowest BCUT2D eigenvalue weighted by atomic mass is 9.88. The number of benzene rings is 5. The summed E-state index contributed by atoms with van der Waals surface area (Å²) in [6, 6.07) is 46.2. The number of aryl methyl sites for hydroxylation is 1. The molecule has 5 aromatic carbocycles. The third-order valence-electron chi connectivity index (χ3n) is 5.34. The highest BCUT2D eigenvalue weighted by Gasteiger charge is 2.13. The number of nitrogens with two attached hydrogens (primary N) is 1. The van der Waals surface area contributed by atoms with Crippen LogP contribution in [0.1, 0.15) is 5.56 Å². The lowest BCUT2D eigenvalue weighted by Crippen LogP contribution is -1.90. The molecule has 164 valence electrons. The van der Waals surface area contributed by atoms with E-state index in [1.807, 2.05) is 31.2 Å². The summed E-state index contributed by atoms with van der Waals surface area (Å²) in [5.74, 6) is 0. The van der Waals surface area contributed by atoms with Crippen LogP contribution in [0.4, 0.5) is 5.69 Å². The van der Waals surface area contributed by atoms with Crippen LogP contribution in [0.15, 0.2) is 133 Å². The Hall–Kier alpha value is -4.14. The van der Waals surface area contributed by atoms with Crippen LogP contribution >= 0.6 is 0 Å². The van der Waals surface area contributed by atoms with Gasteiger partial charge in [-0.2, -0.15) is 0 Å². The third-order valence-corrected chi connectivity index (χ3v) is 5.34. The maximum Gasteiger partial charge on any atom is 0.0316 e. The predicted molar refractivity (Wildman–Crippen MR) is 143 cm³/mol. The molecule has 2 nitrogen and oxygen atoms in total. The first-order chi connectivity index (χ1) is 15.7. The zero-order valence-corrected chi connectivity index (χ0v) is 19.0. The van der Waals surface area contributed by atoms with Crippen molar-refractivity contribution in [2.75, 3.05) is 5.73 Å². The normalized spacial score (nSPS) is 9.85. The molecule has 5 rings (SSSR count). The van der Waals surface area contributed by atoms with Gasteiger partial charge in [0.25, 0.3) is 0 Å². The fourth-order valence-electron chi connectivity index (χ4n) is 3.85. The van der Waals surface area contributed by atoms with Crippen LogP contribution in [-0.4, -0.2) is 0 Å². The highest BCUT2D eigenvalue weighted by molar-refractivity contribution is 5.94.